The maximum atomic E-state index is 12.3. The van der Waals surface area contributed by atoms with Gasteiger partial charge in [-0.15, -0.1) is 0 Å². The predicted octanol–water partition coefficient (Wildman–Crippen LogP) is 1.02. The zero-order valence-electron chi connectivity index (χ0n) is 13.6. The predicted molar refractivity (Wildman–Crippen MR) is 80.0 cm³/mol. The molecule has 0 bridgehead atoms. The molecular formula is C15H27N3O3. The van der Waals surface area contributed by atoms with E-state index in [0.29, 0.717) is 32.2 Å². The van der Waals surface area contributed by atoms with Crippen molar-refractivity contribution >= 4 is 11.9 Å². The monoisotopic (exact) mass is 297 g/mol. The molecule has 21 heavy (non-hydrogen) atoms. The van der Waals surface area contributed by atoms with Gasteiger partial charge in [-0.2, -0.15) is 0 Å². The van der Waals surface area contributed by atoms with Crippen molar-refractivity contribution in [1.29, 1.82) is 0 Å². The smallest absolute Gasteiger partial charge is 0.319 e. The molecule has 0 radical (unpaired) electrons. The van der Waals surface area contributed by atoms with E-state index < -0.39 is 0 Å². The number of ether oxygens (including phenoxy) is 1. The first kappa shape index (κ1) is 16.1. The van der Waals surface area contributed by atoms with Gasteiger partial charge in [0.1, 0.15) is 6.61 Å². The second-order valence-electron chi connectivity index (χ2n) is 6.91. The quantitative estimate of drug-likeness (QED) is 0.778. The Morgan fingerprint density at radius 1 is 1.24 bits per heavy atom. The lowest BCUT2D eigenvalue weighted by Gasteiger charge is -2.47. The van der Waals surface area contributed by atoms with Crippen LogP contribution in [0.3, 0.4) is 0 Å². The van der Waals surface area contributed by atoms with Gasteiger partial charge in [0, 0.05) is 33.7 Å². The first-order valence-electron chi connectivity index (χ1n) is 7.65. The van der Waals surface area contributed by atoms with Crippen LogP contribution >= 0.6 is 0 Å². The fourth-order valence-corrected chi connectivity index (χ4v) is 2.74. The summed E-state index contributed by atoms with van der Waals surface area (Å²) in [5.41, 5.74) is -0.357. The summed E-state index contributed by atoms with van der Waals surface area (Å²) in [6.45, 7) is 6.56. The van der Waals surface area contributed by atoms with Crippen LogP contribution in [0.2, 0.25) is 0 Å². The zero-order valence-corrected chi connectivity index (χ0v) is 13.6. The third-order valence-electron chi connectivity index (χ3n) is 4.13. The fourth-order valence-electron chi connectivity index (χ4n) is 2.74. The SMILES string of the molecule is CN(C)C(=O)N1CCN(C(=O)COCC2CC2)C(C)(C)C1. The van der Waals surface area contributed by atoms with E-state index in [2.05, 4.69) is 0 Å². The summed E-state index contributed by atoms with van der Waals surface area (Å²) >= 11 is 0. The van der Waals surface area contributed by atoms with Crippen LogP contribution in [0.5, 0.6) is 0 Å². The molecule has 0 N–H and O–H groups in total. The molecule has 3 amide bonds. The molecular weight excluding hydrogens is 270 g/mol. The summed E-state index contributed by atoms with van der Waals surface area (Å²) in [6.07, 6.45) is 2.45. The van der Waals surface area contributed by atoms with E-state index >= 15 is 0 Å². The van der Waals surface area contributed by atoms with Gasteiger partial charge < -0.3 is 19.4 Å². The molecule has 1 aliphatic heterocycles. The van der Waals surface area contributed by atoms with E-state index in [-0.39, 0.29) is 24.1 Å². The Hall–Kier alpha value is -1.30. The summed E-state index contributed by atoms with van der Waals surface area (Å²) in [4.78, 5) is 29.6. The molecule has 1 saturated carbocycles. The minimum atomic E-state index is -0.357. The van der Waals surface area contributed by atoms with Crippen LogP contribution in [0, 0.1) is 5.92 Å². The van der Waals surface area contributed by atoms with Gasteiger partial charge in [-0.05, 0) is 32.6 Å². The number of carbonyl (C=O) groups is 2. The number of amides is 3. The van der Waals surface area contributed by atoms with Crippen LogP contribution in [0.1, 0.15) is 26.7 Å². The molecule has 1 aliphatic carbocycles. The van der Waals surface area contributed by atoms with Gasteiger partial charge in [0.05, 0.1) is 12.1 Å². The maximum absolute atomic E-state index is 12.3. The third kappa shape index (κ3) is 4.09. The summed E-state index contributed by atoms with van der Waals surface area (Å²) in [5, 5.41) is 0. The van der Waals surface area contributed by atoms with Gasteiger partial charge >= 0.3 is 6.03 Å². The average Bonchev–Trinajstić information content (AvgIpc) is 3.20. The highest BCUT2D eigenvalue weighted by Crippen LogP contribution is 2.29. The van der Waals surface area contributed by atoms with E-state index in [0.717, 1.165) is 0 Å². The van der Waals surface area contributed by atoms with E-state index in [1.807, 2.05) is 18.7 Å². The summed E-state index contributed by atoms with van der Waals surface area (Å²) in [6, 6.07) is 0.000146. The van der Waals surface area contributed by atoms with Crippen molar-refractivity contribution in [2.24, 2.45) is 5.92 Å². The standard InChI is InChI=1S/C15H27N3O3/c1-15(2)11-17(14(20)16(3)4)7-8-18(15)13(19)10-21-9-12-5-6-12/h12H,5-11H2,1-4H3. The van der Waals surface area contributed by atoms with Gasteiger partial charge in [-0.25, -0.2) is 4.79 Å². The molecule has 0 atom stereocenters. The zero-order chi connectivity index (χ0) is 15.6. The van der Waals surface area contributed by atoms with Gasteiger partial charge in [-0.1, -0.05) is 0 Å². The Morgan fingerprint density at radius 2 is 1.90 bits per heavy atom. The van der Waals surface area contributed by atoms with Crippen LogP contribution in [-0.2, 0) is 9.53 Å². The highest BCUT2D eigenvalue weighted by Gasteiger charge is 2.38. The first-order valence-corrected chi connectivity index (χ1v) is 7.65. The van der Waals surface area contributed by atoms with Gasteiger partial charge in [0.25, 0.3) is 0 Å². The largest absolute Gasteiger partial charge is 0.371 e. The molecule has 1 heterocycles. The lowest BCUT2D eigenvalue weighted by molar-refractivity contribution is -0.144. The van der Waals surface area contributed by atoms with Crippen molar-refractivity contribution in [3.05, 3.63) is 0 Å². The van der Waals surface area contributed by atoms with Crippen LogP contribution in [0.25, 0.3) is 0 Å². The number of rotatable bonds is 4. The third-order valence-corrected chi connectivity index (χ3v) is 4.13. The molecule has 2 fully saturated rings. The number of hydrogen-bond acceptors (Lipinski definition) is 3. The van der Waals surface area contributed by atoms with Gasteiger partial charge in [0.15, 0.2) is 0 Å². The van der Waals surface area contributed by atoms with Crippen LogP contribution in [0.15, 0.2) is 0 Å². The lowest BCUT2D eigenvalue weighted by Crippen LogP contribution is -2.63. The number of hydrogen-bond donors (Lipinski definition) is 0. The number of nitrogens with zero attached hydrogens (tertiary/aromatic N) is 3. The fraction of sp³-hybridized carbons (Fsp3) is 0.867. The Morgan fingerprint density at radius 3 is 2.43 bits per heavy atom. The van der Waals surface area contributed by atoms with Crippen molar-refractivity contribution in [2.75, 3.05) is 46.9 Å². The molecule has 0 aromatic rings. The highest BCUT2D eigenvalue weighted by atomic mass is 16.5. The minimum absolute atomic E-state index is 0.000146. The molecule has 6 nitrogen and oxygen atoms in total. The molecule has 0 aromatic carbocycles. The Kier molecular flexibility index (Phi) is 4.76. The maximum Gasteiger partial charge on any atom is 0.319 e. The second kappa shape index (κ2) is 6.22. The Bertz CT molecular complexity index is 405. The Balaban J connectivity index is 1.86. The van der Waals surface area contributed by atoms with Crippen molar-refractivity contribution in [2.45, 2.75) is 32.2 Å². The van der Waals surface area contributed by atoms with Crippen molar-refractivity contribution in [1.82, 2.24) is 14.7 Å². The second-order valence-corrected chi connectivity index (χ2v) is 6.91. The number of urea groups is 1. The van der Waals surface area contributed by atoms with Crippen molar-refractivity contribution in [3.8, 4) is 0 Å². The molecule has 6 heteroatoms. The Labute approximate surface area is 127 Å². The van der Waals surface area contributed by atoms with E-state index in [4.69, 9.17) is 4.74 Å². The normalized spacial score (nSPS) is 21.3. The van der Waals surface area contributed by atoms with Crippen LogP contribution in [-0.4, -0.2) is 79.1 Å². The molecule has 2 aliphatic rings. The van der Waals surface area contributed by atoms with Crippen molar-refractivity contribution < 1.29 is 14.3 Å². The lowest BCUT2D eigenvalue weighted by atomic mass is 9.99. The van der Waals surface area contributed by atoms with Crippen molar-refractivity contribution in [3.63, 3.8) is 0 Å². The molecule has 0 spiro atoms. The molecule has 1 saturated heterocycles. The van der Waals surface area contributed by atoms with E-state index in [1.165, 1.54) is 12.8 Å². The topological polar surface area (TPSA) is 53.1 Å². The number of piperazine rings is 1. The minimum Gasteiger partial charge on any atom is -0.371 e. The average molecular weight is 297 g/mol. The molecule has 0 aromatic heterocycles. The summed E-state index contributed by atoms with van der Waals surface area (Å²) < 4.78 is 5.50. The van der Waals surface area contributed by atoms with Gasteiger partial charge in [0.2, 0.25) is 5.91 Å². The van der Waals surface area contributed by atoms with E-state index in [9.17, 15) is 9.59 Å². The molecule has 0 unspecified atom stereocenters. The van der Waals surface area contributed by atoms with Crippen LogP contribution < -0.4 is 0 Å². The molecule has 2 rings (SSSR count). The summed E-state index contributed by atoms with van der Waals surface area (Å²) in [7, 11) is 3.50. The van der Waals surface area contributed by atoms with Gasteiger partial charge in [-0.3, -0.25) is 4.79 Å². The number of carbonyl (C=O) groups excluding carboxylic acids is 2. The highest BCUT2D eigenvalue weighted by molar-refractivity contribution is 5.79. The summed E-state index contributed by atoms with van der Waals surface area (Å²) in [5.74, 6) is 0.693. The van der Waals surface area contributed by atoms with Crippen LogP contribution in [0.4, 0.5) is 4.79 Å². The first-order chi connectivity index (χ1) is 9.81. The molecule has 120 valence electrons. The van der Waals surface area contributed by atoms with E-state index in [1.54, 1.807) is 23.9 Å².